The monoisotopic (exact) mass is 375 g/mol. The van der Waals surface area contributed by atoms with E-state index in [1.807, 2.05) is 0 Å². The van der Waals surface area contributed by atoms with Crippen molar-refractivity contribution < 1.29 is 17.9 Å². The Balaban J connectivity index is 2.09. The molecule has 0 unspecified atom stereocenters. The molecule has 2 aromatic carbocycles. The molecule has 0 aromatic heterocycles. The van der Waals surface area contributed by atoms with E-state index in [4.69, 9.17) is 4.74 Å². The molecule has 2 rings (SSSR count). The summed E-state index contributed by atoms with van der Waals surface area (Å²) in [5.74, 6) is 0.495. The van der Waals surface area contributed by atoms with Gasteiger partial charge in [-0.25, -0.2) is 0 Å². The van der Waals surface area contributed by atoms with Crippen LogP contribution in [0.1, 0.15) is 25.8 Å². The third kappa shape index (κ3) is 5.06. The Labute approximate surface area is 153 Å². The molecule has 0 aliphatic heterocycles. The number of anilines is 1. The standard InChI is InChI=1S/C18H21N3O4S/c1-4-18(22)19-15-7-5-14(6-8-15)13(2)20-21-26(23,24)17-11-9-16(25-3)10-12-17/h5-12,21H,4H2,1-3H3,(H,19,22). The number of hydrazone groups is 1. The van der Waals surface area contributed by atoms with E-state index < -0.39 is 10.0 Å². The average Bonchev–Trinajstić information content (AvgIpc) is 2.66. The zero-order valence-electron chi connectivity index (χ0n) is 14.8. The van der Waals surface area contributed by atoms with Gasteiger partial charge in [0.2, 0.25) is 5.91 Å². The second-order valence-electron chi connectivity index (χ2n) is 5.45. The number of nitrogens with zero attached hydrogens (tertiary/aromatic N) is 1. The maximum atomic E-state index is 12.3. The number of hydrogen-bond acceptors (Lipinski definition) is 5. The molecule has 8 heteroatoms. The van der Waals surface area contributed by atoms with Crippen LogP contribution in [0.2, 0.25) is 0 Å². The molecule has 1 amide bonds. The molecule has 0 saturated carbocycles. The van der Waals surface area contributed by atoms with E-state index in [1.165, 1.54) is 19.2 Å². The Bertz CT molecular complexity index is 889. The first kappa shape index (κ1) is 19.5. The minimum absolute atomic E-state index is 0.0737. The van der Waals surface area contributed by atoms with Crippen LogP contribution in [0, 0.1) is 0 Å². The van der Waals surface area contributed by atoms with Gasteiger partial charge >= 0.3 is 0 Å². The molecule has 0 bridgehead atoms. The van der Waals surface area contributed by atoms with Gasteiger partial charge in [0.05, 0.1) is 17.7 Å². The number of sulfonamides is 1. The topological polar surface area (TPSA) is 96.9 Å². The molecule has 0 spiro atoms. The van der Waals surface area contributed by atoms with Crippen molar-refractivity contribution in [2.45, 2.75) is 25.2 Å². The fourth-order valence-electron chi connectivity index (χ4n) is 2.04. The molecule has 0 radical (unpaired) electrons. The first-order valence-electron chi connectivity index (χ1n) is 7.96. The lowest BCUT2D eigenvalue weighted by atomic mass is 10.1. The zero-order valence-corrected chi connectivity index (χ0v) is 15.6. The summed E-state index contributed by atoms with van der Waals surface area (Å²) in [5.41, 5.74) is 1.90. The van der Waals surface area contributed by atoms with E-state index in [0.29, 0.717) is 23.6 Å². The third-order valence-electron chi connectivity index (χ3n) is 3.61. The van der Waals surface area contributed by atoms with Gasteiger partial charge in [-0.1, -0.05) is 19.1 Å². The SMILES string of the molecule is CCC(=O)Nc1ccc(C(C)=NNS(=O)(=O)c2ccc(OC)cc2)cc1. The lowest BCUT2D eigenvalue weighted by Gasteiger charge is -2.07. The van der Waals surface area contributed by atoms with Crippen molar-refractivity contribution in [3.63, 3.8) is 0 Å². The van der Waals surface area contributed by atoms with Crippen molar-refractivity contribution in [2.24, 2.45) is 5.10 Å². The van der Waals surface area contributed by atoms with Gasteiger partial charge in [-0.15, -0.1) is 0 Å². The summed E-state index contributed by atoms with van der Waals surface area (Å²) in [7, 11) is -2.26. The molecule has 0 heterocycles. The summed E-state index contributed by atoms with van der Waals surface area (Å²) in [6.45, 7) is 3.46. The molecule has 0 aliphatic carbocycles. The zero-order chi connectivity index (χ0) is 19.2. The second kappa shape index (κ2) is 8.48. The summed E-state index contributed by atoms with van der Waals surface area (Å²) >= 11 is 0. The molecule has 7 nitrogen and oxygen atoms in total. The van der Waals surface area contributed by atoms with E-state index in [-0.39, 0.29) is 10.8 Å². The van der Waals surface area contributed by atoms with Crippen LogP contribution in [0.15, 0.2) is 58.5 Å². The fraction of sp³-hybridized carbons (Fsp3) is 0.222. The Morgan fingerprint density at radius 2 is 1.69 bits per heavy atom. The highest BCUT2D eigenvalue weighted by Crippen LogP contribution is 2.15. The number of benzene rings is 2. The predicted octanol–water partition coefficient (Wildman–Crippen LogP) is 2.75. The van der Waals surface area contributed by atoms with Gasteiger partial charge in [-0.05, 0) is 48.9 Å². The molecule has 138 valence electrons. The van der Waals surface area contributed by atoms with Crippen LogP contribution in [-0.4, -0.2) is 27.1 Å². The van der Waals surface area contributed by atoms with Crippen molar-refractivity contribution in [2.75, 3.05) is 12.4 Å². The van der Waals surface area contributed by atoms with E-state index in [1.54, 1.807) is 50.2 Å². The third-order valence-corrected chi connectivity index (χ3v) is 4.84. The van der Waals surface area contributed by atoms with Gasteiger partial charge in [0.25, 0.3) is 10.0 Å². The lowest BCUT2D eigenvalue weighted by Crippen LogP contribution is -2.20. The van der Waals surface area contributed by atoms with Crippen molar-refractivity contribution >= 4 is 27.3 Å². The number of nitrogens with one attached hydrogen (secondary N) is 2. The van der Waals surface area contributed by atoms with Crippen LogP contribution < -0.4 is 14.9 Å². The van der Waals surface area contributed by atoms with Gasteiger partial charge in [0.15, 0.2) is 0 Å². The van der Waals surface area contributed by atoms with E-state index in [9.17, 15) is 13.2 Å². The molecule has 0 aliphatic rings. The number of ether oxygens (including phenoxy) is 1. The molecular weight excluding hydrogens is 354 g/mol. The predicted molar refractivity (Wildman–Crippen MR) is 101 cm³/mol. The van der Waals surface area contributed by atoms with Crippen LogP contribution in [0.25, 0.3) is 0 Å². The van der Waals surface area contributed by atoms with E-state index >= 15 is 0 Å². The summed E-state index contributed by atoms with van der Waals surface area (Å²) in [6, 6.07) is 13.0. The largest absolute Gasteiger partial charge is 0.497 e. The van der Waals surface area contributed by atoms with Crippen LogP contribution in [0.4, 0.5) is 5.69 Å². The molecule has 0 fully saturated rings. The van der Waals surface area contributed by atoms with Gasteiger partial charge in [-0.3, -0.25) is 4.79 Å². The number of amides is 1. The first-order valence-corrected chi connectivity index (χ1v) is 9.44. The highest BCUT2D eigenvalue weighted by molar-refractivity contribution is 7.89. The van der Waals surface area contributed by atoms with Gasteiger partial charge < -0.3 is 10.1 Å². The summed E-state index contributed by atoms with van der Waals surface area (Å²) in [4.78, 5) is 13.7. The highest BCUT2D eigenvalue weighted by atomic mass is 32.2. The minimum atomic E-state index is -3.77. The Kier molecular flexibility index (Phi) is 6.35. The number of hydrogen-bond donors (Lipinski definition) is 2. The fourth-order valence-corrected chi connectivity index (χ4v) is 2.90. The molecule has 0 saturated heterocycles. The van der Waals surface area contributed by atoms with Crippen LogP contribution in [0.3, 0.4) is 0 Å². The molecular formula is C18H21N3O4S. The van der Waals surface area contributed by atoms with Crippen molar-refractivity contribution in [3.8, 4) is 5.75 Å². The van der Waals surface area contributed by atoms with Crippen molar-refractivity contribution in [3.05, 3.63) is 54.1 Å². The molecule has 26 heavy (non-hydrogen) atoms. The quantitative estimate of drug-likeness (QED) is 0.574. The summed E-state index contributed by atoms with van der Waals surface area (Å²) < 4.78 is 29.5. The summed E-state index contributed by atoms with van der Waals surface area (Å²) in [6.07, 6.45) is 0.398. The summed E-state index contributed by atoms with van der Waals surface area (Å²) in [5, 5.41) is 6.70. The Morgan fingerprint density at radius 1 is 1.08 bits per heavy atom. The van der Waals surface area contributed by atoms with Crippen molar-refractivity contribution in [1.29, 1.82) is 0 Å². The maximum absolute atomic E-state index is 12.3. The van der Waals surface area contributed by atoms with Crippen LogP contribution in [-0.2, 0) is 14.8 Å². The number of methoxy groups -OCH3 is 1. The number of carbonyl (C=O) groups is 1. The van der Waals surface area contributed by atoms with E-state index in [2.05, 4.69) is 15.2 Å². The van der Waals surface area contributed by atoms with Crippen LogP contribution in [0.5, 0.6) is 5.75 Å². The Hall–Kier alpha value is -2.87. The van der Waals surface area contributed by atoms with Crippen molar-refractivity contribution in [1.82, 2.24) is 4.83 Å². The normalized spacial score (nSPS) is 11.7. The first-order chi connectivity index (χ1) is 12.4. The lowest BCUT2D eigenvalue weighted by molar-refractivity contribution is -0.115. The Morgan fingerprint density at radius 3 is 2.23 bits per heavy atom. The smallest absolute Gasteiger partial charge is 0.276 e. The van der Waals surface area contributed by atoms with Gasteiger partial charge in [-0.2, -0.15) is 18.4 Å². The second-order valence-corrected chi connectivity index (χ2v) is 7.11. The molecule has 2 aromatic rings. The molecule has 0 atom stereocenters. The van der Waals surface area contributed by atoms with Crippen LogP contribution >= 0.6 is 0 Å². The van der Waals surface area contributed by atoms with E-state index in [0.717, 1.165) is 5.56 Å². The van der Waals surface area contributed by atoms with Gasteiger partial charge in [0, 0.05) is 12.1 Å². The maximum Gasteiger partial charge on any atom is 0.276 e. The average molecular weight is 375 g/mol. The van der Waals surface area contributed by atoms with Gasteiger partial charge in [0.1, 0.15) is 5.75 Å². The minimum Gasteiger partial charge on any atom is -0.497 e. The number of rotatable bonds is 7. The number of carbonyl (C=O) groups excluding carboxylic acids is 1. The molecule has 2 N–H and O–H groups in total. The highest BCUT2D eigenvalue weighted by Gasteiger charge is 2.13.